The Labute approximate surface area is 155 Å². The van der Waals surface area contributed by atoms with Crippen LogP contribution in [0.3, 0.4) is 0 Å². The monoisotopic (exact) mass is 414 g/mol. The number of amides is 2. The van der Waals surface area contributed by atoms with Crippen LogP contribution < -0.4 is 15.6 Å². The fourth-order valence-electron chi connectivity index (χ4n) is 1.87. The zero-order valence-corrected chi connectivity index (χ0v) is 16.1. The second kappa shape index (κ2) is 9.41. The number of carboxylic acids is 1. The van der Waals surface area contributed by atoms with Gasteiger partial charge in [-0.15, -0.1) is 0 Å². The van der Waals surface area contributed by atoms with E-state index in [1.165, 1.54) is 0 Å². The molecule has 3 N–H and O–H groups in total. The predicted molar refractivity (Wildman–Crippen MR) is 96.1 cm³/mol. The Kier molecular flexibility index (Phi) is 7.89. The normalized spacial score (nSPS) is 10.9. The molecule has 7 nitrogen and oxygen atoms in total. The van der Waals surface area contributed by atoms with Crippen LogP contribution in [0.4, 0.5) is 0 Å². The van der Waals surface area contributed by atoms with Gasteiger partial charge in [0.2, 0.25) is 5.91 Å². The molecule has 0 aliphatic carbocycles. The Morgan fingerprint density at radius 3 is 2.32 bits per heavy atom. The number of aliphatic carboxylic acids is 1. The van der Waals surface area contributed by atoms with Gasteiger partial charge in [0.05, 0.1) is 4.47 Å². The molecule has 25 heavy (non-hydrogen) atoms. The molecule has 0 radical (unpaired) electrons. The summed E-state index contributed by atoms with van der Waals surface area (Å²) in [6.07, 6.45) is 0.136. The number of nitrogens with one attached hydrogen (secondary N) is 2. The van der Waals surface area contributed by atoms with E-state index in [9.17, 15) is 14.4 Å². The van der Waals surface area contributed by atoms with Crippen LogP contribution in [0.2, 0.25) is 0 Å². The Balaban J connectivity index is 2.39. The van der Waals surface area contributed by atoms with Crippen LogP contribution in [0.1, 0.15) is 45.6 Å². The molecule has 8 heteroatoms. The van der Waals surface area contributed by atoms with E-state index in [0.717, 1.165) is 10.0 Å². The van der Waals surface area contributed by atoms with Crippen molar-refractivity contribution in [2.45, 2.75) is 45.4 Å². The lowest BCUT2D eigenvalue weighted by atomic mass is 9.87. The molecule has 0 heterocycles. The van der Waals surface area contributed by atoms with Crippen LogP contribution in [0, 0.1) is 0 Å². The number of carbonyl (C=O) groups is 3. The quantitative estimate of drug-likeness (QED) is 0.594. The fraction of sp³-hybridized carbons (Fsp3) is 0.471. The number of halogens is 1. The number of hydrogen-bond acceptors (Lipinski definition) is 4. The molecule has 0 bridgehead atoms. The van der Waals surface area contributed by atoms with Crippen molar-refractivity contribution in [2.24, 2.45) is 0 Å². The van der Waals surface area contributed by atoms with E-state index in [0.29, 0.717) is 5.75 Å². The summed E-state index contributed by atoms with van der Waals surface area (Å²) in [6.45, 7) is 6.04. The lowest BCUT2D eigenvalue weighted by molar-refractivity contribution is -0.137. The highest BCUT2D eigenvalue weighted by Gasteiger charge is 2.15. The van der Waals surface area contributed by atoms with Crippen molar-refractivity contribution in [3.8, 4) is 5.75 Å². The molecule has 2 amide bonds. The van der Waals surface area contributed by atoms with Crippen molar-refractivity contribution < 1.29 is 24.2 Å². The largest absolute Gasteiger partial charge is 0.483 e. The maximum absolute atomic E-state index is 11.7. The number of carbonyl (C=O) groups excluding carboxylic acids is 2. The summed E-state index contributed by atoms with van der Waals surface area (Å²) < 4.78 is 6.16. The van der Waals surface area contributed by atoms with Gasteiger partial charge in [-0.05, 0) is 45.5 Å². The summed E-state index contributed by atoms with van der Waals surface area (Å²) in [5, 5.41) is 8.48. The van der Waals surface area contributed by atoms with E-state index in [2.05, 4.69) is 47.6 Å². The smallest absolute Gasteiger partial charge is 0.303 e. The molecule has 0 aliphatic heterocycles. The van der Waals surface area contributed by atoms with Gasteiger partial charge >= 0.3 is 5.97 Å². The zero-order chi connectivity index (χ0) is 19.0. The molecule has 0 aromatic heterocycles. The highest BCUT2D eigenvalue weighted by Crippen LogP contribution is 2.31. The maximum Gasteiger partial charge on any atom is 0.303 e. The summed E-state index contributed by atoms with van der Waals surface area (Å²) in [5.74, 6) is -1.41. The van der Waals surface area contributed by atoms with E-state index in [-0.39, 0.29) is 31.3 Å². The van der Waals surface area contributed by atoms with E-state index >= 15 is 0 Å². The second-order valence-electron chi connectivity index (χ2n) is 6.53. The first-order valence-electron chi connectivity index (χ1n) is 7.82. The summed E-state index contributed by atoms with van der Waals surface area (Å²) in [4.78, 5) is 33.5. The third-order valence-electron chi connectivity index (χ3n) is 3.29. The minimum atomic E-state index is -0.965. The number of carboxylic acid groups (broad SMARTS) is 1. The Morgan fingerprint density at radius 1 is 1.12 bits per heavy atom. The molecular weight excluding hydrogens is 392 g/mol. The molecule has 0 aliphatic rings. The first kappa shape index (κ1) is 21.0. The third-order valence-corrected chi connectivity index (χ3v) is 3.91. The van der Waals surface area contributed by atoms with Crippen LogP contribution in [-0.2, 0) is 19.8 Å². The number of hydrogen-bond donors (Lipinski definition) is 3. The molecule has 0 atom stereocenters. The van der Waals surface area contributed by atoms with Crippen molar-refractivity contribution in [2.75, 3.05) is 6.61 Å². The molecule has 0 spiro atoms. The average Bonchev–Trinajstić information content (AvgIpc) is 2.50. The van der Waals surface area contributed by atoms with Crippen molar-refractivity contribution in [1.29, 1.82) is 0 Å². The lowest BCUT2D eigenvalue weighted by Gasteiger charge is -2.20. The van der Waals surface area contributed by atoms with Gasteiger partial charge in [-0.2, -0.15) is 0 Å². The summed E-state index contributed by atoms with van der Waals surface area (Å²) in [6, 6.07) is 5.65. The van der Waals surface area contributed by atoms with Gasteiger partial charge in [-0.1, -0.05) is 26.8 Å². The zero-order valence-electron chi connectivity index (χ0n) is 14.5. The van der Waals surface area contributed by atoms with Crippen LogP contribution in [-0.4, -0.2) is 29.5 Å². The number of rotatable bonds is 7. The van der Waals surface area contributed by atoms with Crippen LogP contribution in [0.5, 0.6) is 5.75 Å². The van der Waals surface area contributed by atoms with E-state index < -0.39 is 17.8 Å². The topological polar surface area (TPSA) is 105 Å². The fourth-order valence-corrected chi connectivity index (χ4v) is 2.36. The molecule has 0 saturated carbocycles. The number of hydrazine groups is 1. The molecule has 0 unspecified atom stereocenters. The Bertz CT molecular complexity index is 640. The molecule has 1 aromatic rings. The molecule has 1 aromatic carbocycles. The highest BCUT2D eigenvalue weighted by atomic mass is 79.9. The first-order chi connectivity index (χ1) is 11.6. The number of benzene rings is 1. The van der Waals surface area contributed by atoms with E-state index in [1.807, 2.05) is 12.1 Å². The molecule has 0 fully saturated rings. The molecule has 138 valence electrons. The third kappa shape index (κ3) is 8.02. The SMILES string of the molecule is CC(C)(C)c1ccc(OCC(=O)NNC(=O)CCCC(=O)O)c(Br)c1. The standard InChI is InChI=1S/C17H23BrN2O5/c1-17(2,3)11-7-8-13(12(18)9-11)25-10-15(22)20-19-14(21)5-4-6-16(23)24/h7-9H,4-6,10H2,1-3H3,(H,19,21)(H,20,22)(H,23,24). The molecule has 0 saturated heterocycles. The van der Waals surface area contributed by atoms with Gasteiger partial charge in [0.15, 0.2) is 6.61 Å². The molecule has 1 rings (SSSR count). The summed E-state index contributed by atoms with van der Waals surface area (Å²) in [7, 11) is 0. The van der Waals surface area contributed by atoms with Crippen LogP contribution in [0.15, 0.2) is 22.7 Å². The van der Waals surface area contributed by atoms with Crippen molar-refractivity contribution in [3.63, 3.8) is 0 Å². The average molecular weight is 415 g/mol. The van der Waals surface area contributed by atoms with Gasteiger partial charge in [0, 0.05) is 12.8 Å². The Morgan fingerprint density at radius 2 is 1.76 bits per heavy atom. The predicted octanol–water partition coefficient (Wildman–Crippen LogP) is 2.53. The lowest BCUT2D eigenvalue weighted by Crippen LogP contribution is -2.43. The van der Waals surface area contributed by atoms with Gasteiger partial charge < -0.3 is 9.84 Å². The van der Waals surface area contributed by atoms with Crippen molar-refractivity contribution in [3.05, 3.63) is 28.2 Å². The molecular formula is C17H23BrN2O5. The van der Waals surface area contributed by atoms with Gasteiger partial charge in [0.1, 0.15) is 5.75 Å². The van der Waals surface area contributed by atoms with Gasteiger partial charge in [0.25, 0.3) is 5.91 Å². The van der Waals surface area contributed by atoms with Gasteiger partial charge in [-0.25, -0.2) is 0 Å². The summed E-state index contributed by atoms with van der Waals surface area (Å²) >= 11 is 3.42. The van der Waals surface area contributed by atoms with E-state index in [4.69, 9.17) is 9.84 Å². The summed E-state index contributed by atoms with van der Waals surface area (Å²) in [5.41, 5.74) is 5.57. The van der Waals surface area contributed by atoms with Gasteiger partial charge in [-0.3, -0.25) is 25.2 Å². The van der Waals surface area contributed by atoms with Crippen molar-refractivity contribution >= 4 is 33.7 Å². The minimum Gasteiger partial charge on any atom is -0.483 e. The minimum absolute atomic E-state index is 0.00332. The second-order valence-corrected chi connectivity index (χ2v) is 7.38. The first-order valence-corrected chi connectivity index (χ1v) is 8.61. The van der Waals surface area contributed by atoms with Crippen LogP contribution >= 0.6 is 15.9 Å². The van der Waals surface area contributed by atoms with Crippen LogP contribution in [0.25, 0.3) is 0 Å². The number of ether oxygens (including phenoxy) is 1. The highest BCUT2D eigenvalue weighted by molar-refractivity contribution is 9.10. The van der Waals surface area contributed by atoms with Crippen molar-refractivity contribution in [1.82, 2.24) is 10.9 Å². The maximum atomic E-state index is 11.7. The van der Waals surface area contributed by atoms with E-state index in [1.54, 1.807) is 6.07 Å². The Hall–Kier alpha value is -2.09.